The number of pyridine rings is 1. The highest BCUT2D eigenvalue weighted by atomic mass is 19.4. The smallest absolute Gasteiger partial charge is 0.417 e. The zero-order valence-corrected chi connectivity index (χ0v) is 23.1. The van der Waals surface area contributed by atoms with Crippen molar-refractivity contribution < 1.29 is 32.2 Å². The molecule has 1 saturated carbocycles. The normalized spacial score (nSPS) is 22.7. The van der Waals surface area contributed by atoms with Crippen LogP contribution in [-0.2, 0) is 11.0 Å². The van der Waals surface area contributed by atoms with Crippen molar-refractivity contribution in [1.82, 2.24) is 24.8 Å². The summed E-state index contributed by atoms with van der Waals surface area (Å²) in [6.07, 6.45) is 2.83. The van der Waals surface area contributed by atoms with Crippen LogP contribution in [0.1, 0.15) is 44.1 Å². The van der Waals surface area contributed by atoms with Crippen molar-refractivity contribution >= 4 is 28.5 Å². The third-order valence-corrected chi connectivity index (χ3v) is 8.19. The van der Waals surface area contributed by atoms with Gasteiger partial charge in [-0.05, 0) is 63.8 Å². The molecule has 1 aromatic carbocycles. The number of hydrogen-bond acceptors (Lipinski definition) is 8. The molecule has 3 aliphatic rings. The van der Waals surface area contributed by atoms with Gasteiger partial charge >= 0.3 is 12.2 Å². The molecule has 0 N–H and O–H groups in total. The van der Waals surface area contributed by atoms with Gasteiger partial charge in [-0.2, -0.15) is 13.2 Å². The lowest BCUT2D eigenvalue weighted by molar-refractivity contribution is -0.137. The number of carbonyl (C=O) groups excluding carboxylic acids is 2. The number of ether oxygens (including phenoxy) is 2. The van der Waals surface area contributed by atoms with E-state index in [0.29, 0.717) is 37.8 Å². The lowest BCUT2D eigenvalue weighted by Gasteiger charge is -2.33. The van der Waals surface area contributed by atoms with Crippen molar-refractivity contribution in [1.29, 1.82) is 0 Å². The second-order valence-electron chi connectivity index (χ2n) is 11.1. The van der Waals surface area contributed by atoms with Gasteiger partial charge in [0.2, 0.25) is 5.88 Å². The Morgan fingerprint density at radius 3 is 2.38 bits per heavy atom. The number of hydrogen-bond donors (Lipinski definition) is 0. The number of amides is 3. The Bertz CT molecular complexity index is 1470. The van der Waals surface area contributed by atoms with Crippen LogP contribution in [0, 0.1) is 0 Å². The number of urea groups is 1. The minimum atomic E-state index is -4.61. The van der Waals surface area contributed by atoms with Crippen molar-refractivity contribution in [2.75, 3.05) is 31.6 Å². The maximum absolute atomic E-state index is 13.1. The third-order valence-electron chi connectivity index (χ3n) is 8.19. The average Bonchev–Trinajstić information content (AvgIpc) is 3.28. The van der Waals surface area contributed by atoms with E-state index in [1.54, 1.807) is 0 Å². The number of aromatic nitrogens is 3. The average molecular weight is 585 g/mol. The number of imide groups is 1. The predicted octanol–water partition coefficient (Wildman–Crippen LogP) is 4.68. The van der Waals surface area contributed by atoms with E-state index in [1.807, 2.05) is 18.2 Å². The number of benzene rings is 1. The van der Waals surface area contributed by atoms with Crippen LogP contribution in [-0.4, -0.2) is 81.6 Å². The number of alkyl halides is 3. The first-order valence-electron chi connectivity index (χ1n) is 14.1. The number of halogens is 3. The maximum atomic E-state index is 13.1. The number of carbonyl (C=O) groups is 2. The fraction of sp³-hybridized carbons (Fsp3) is 0.483. The van der Waals surface area contributed by atoms with E-state index in [-0.39, 0.29) is 30.5 Å². The summed E-state index contributed by atoms with van der Waals surface area (Å²) in [6.45, 7) is 1.69. The second-order valence-corrected chi connectivity index (χ2v) is 11.1. The van der Waals surface area contributed by atoms with Crippen molar-refractivity contribution in [3.63, 3.8) is 0 Å². The zero-order valence-electron chi connectivity index (χ0n) is 23.1. The summed E-state index contributed by atoms with van der Waals surface area (Å²) in [7, 11) is 2.11. The van der Waals surface area contributed by atoms with E-state index < -0.39 is 23.7 Å². The van der Waals surface area contributed by atoms with Crippen molar-refractivity contribution in [2.24, 2.45) is 0 Å². The van der Waals surface area contributed by atoms with E-state index >= 15 is 0 Å². The minimum absolute atomic E-state index is 0.0572. The molecule has 1 aliphatic carbocycles. The van der Waals surface area contributed by atoms with Crippen LogP contribution in [0.5, 0.6) is 11.6 Å². The minimum Gasteiger partial charge on any atom is -0.490 e. The summed E-state index contributed by atoms with van der Waals surface area (Å²) >= 11 is 0. The third kappa shape index (κ3) is 5.83. The Morgan fingerprint density at radius 2 is 1.64 bits per heavy atom. The lowest BCUT2D eigenvalue weighted by Crippen LogP contribution is -2.44. The standard InChI is InChI=1S/C29H31F3N6O4/c1-36-10-8-22(9-11-36)41-23-6-7-24-25(13-23)34-17-35-27(24)42-21-4-2-19(3-5-21)38-26(39)16-37(28(38)40)20-12-18(14-33-15-20)29(30,31)32/h6-7,12-15,17,19,21-22H,2-5,8-11,16H2,1H3. The van der Waals surface area contributed by atoms with E-state index in [2.05, 4.69) is 26.9 Å². The summed E-state index contributed by atoms with van der Waals surface area (Å²) in [5, 5.41) is 0.769. The molecule has 10 nitrogen and oxygen atoms in total. The molecule has 13 heteroatoms. The van der Waals surface area contributed by atoms with Gasteiger partial charge in [0, 0.05) is 31.4 Å². The van der Waals surface area contributed by atoms with Gasteiger partial charge in [-0.25, -0.2) is 14.8 Å². The van der Waals surface area contributed by atoms with E-state index in [9.17, 15) is 22.8 Å². The molecule has 0 unspecified atom stereocenters. The van der Waals surface area contributed by atoms with Crippen LogP contribution in [0.25, 0.3) is 10.9 Å². The number of piperidine rings is 1. The molecule has 3 fully saturated rings. The Morgan fingerprint density at radius 1 is 0.905 bits per heavy atom. The Kier molecular flexibility index (Phi) is 7.60. The number of fused-ring (bicyclic) bond motifs is 1. The van der Waals surface area contributed by atoms with Gasteiger partial charge in [-0.15, -0.1) is 0 Å². The summed E-state index contributed by atoms with van der Waals surface area (Å²) < 4.78 is 51.9. The van der Waals surface area contributed by atoms with E-state index in [0.717, 1.165) is 59.7 Å². The number of likely N-dealkylation sites (tertiary alicyclic amines) is 1. The highest BCUT2D eigenvalue weighted by Crippen LogP contribution is 2.35. The molecule has 4 heterocycles. The molecule has 42 heavy (non-hydrogen) atoms. The SMILES string of the molecule is CN1CCC(Oc2ccc3c(OC4CCC(N5C(=O)CN(c6cncc(C(F)(F)F)c6)C5=O)CC4)ncnc3c2)CC1. The van der Waals surface area contributed by atoms with Gasteiger partial charge in [0.25, 0.3) is 5.91 Å². The van der Waals surface area contributed by atoms with Gasteiger partial charge in [0.05, 0.1) is 28.4 Å². The molecule has 3 aromatic rings. The molecule has 2 aromatic heterocycles. The van der Waals surface area contributed by atoms with Crippen LogP contribution < -0.4 is 14.4 Å². The fourth-order valence-electron chi connectivity index (χ4n) is 5.86. The first-order chi connectivity index (χ1) is 20.2. The number of anilines is 1. The summed E-state index contributed by atoms with van der Waals surface area (Å²) in [5.74, 6) is 0.782. The molecule has 3 amide bonds. The van der Waals surface area contributed by atoms with Crippen LogP contribution in [0.2, 0.25) is 0 Å². The predicted molar refractivity (Wildman–Crippen MR) is 146 cm³/mol. The molecule has 2 saturated heterocycles. The van der Waals surface area contributed by atoms with Crippen molar-refractivity contribution in [2.45, 2.75) is 63.0 Å². The summed E-state index contributed by atoms with van der Waals surface area (Å²) in [4.78, 5) is 42.8. The largest absolute Gasteiger partial charge is 0.490 e. The molecule has 0 atom stereocenters. The van der Waals surface area contributed by atoms with Crippen LogP contribution >= 0.6 is 0 Å². The Balaban J connectivity index is 1.07. The number of rotatable bonds is 6. The molecular formula is C29H31F3N6O4. The van der Waals surface area contributed by atoms with Gasteiger partial charge in [-0.1, -0.05) is 0 Å². The van der Waals surface area contributed by atoms with Crippen LogP contribution in [0.4, 0.5) is 23.7 Å². The molecule has 0 radical (unpaired) electrons. The van der Waals surface area contributed by atoms with Crippen LogP contribution in [0.15, 0.2) is 43.0 Å². The van der Waals surface area contributed by atoms with Gasteiger partial charge in [-0.3, -0.25) is 19.6 Å². The Hall–Kier alpha value is -4.00. The monoisotopic (exact) mass is 584 g/mol. The topological polar surface area (TPSA) is 101 Å². The summed E-state index contributed by atoms with van der Waals surface area (Å²) in [5.41, 5.74) is -0.315. The van der Waals surface area contributed by atoms with Gasteiger partial charge in [0.1, 0.15) is 30.8 Å². The molecule has 6 rings (SSSR count). The lowest BCUT2D eigenvalue weighted by atomic mass is 9.92. The van der Waals surface area contributed by atoms with Crippen molar-refractivity contribution in [3.05, 3.63) is 48.5 Å². The Labute approximate surface area is 240 Å². The van der Waals surface area contributed by atoms with E-state index in [1.165, 1.54) is 11.2 Å². The number of nitrogens with zero attached hydrogens (tertiary/aromatic N) is 6. The van der Waals surface area contributed by atoms with Gasteiger partial charge in [0.15, 0.2) is 0 Å². The van der Waals surface area contributed by atoms with Crippen LogP contribution in [0.3, 0.4) is 0 Å². The van der Waals surface area contributed by atoms with Crippen molar-refractivity contribution in [3.8, 4) is 11.6 Å². The highest BCUT2D eigenvalue weighted by molar-refractivity contribution is 6.12. The van der Waals surface area contributed by atoms with Gasteiger partial charge < -0.3 is 14.4 Å². The highest BCUT2D eigenvalue weighted by Gasteiger charge is 2.43. The fourth-order valence-corrected chi connectivity index (χ4v) is 5.86. The molecule has 0 spiro atoms. The molecule has 222 valence electrons. The molecular weight excluding hydrogens is 553 g/mol. The zero-order chi connectivity index (χ0) is 29.4. The van der Waals surface area contributed by atoms with E-state index in [4.69, 9.17) is 9.47 Å². The quantitative estimate of drug-likeness (QED) is 0.386. The first kappa shape index (κ1) is 28.1. The maximum Gasteiger partial charge on any atom is 0.417 e. The first-order valence-corrected chi connectivity index (χ1v) is 14.1. The molecule has 2 aliphatic heterocycles. The second kappa shape index (κ2) is 11.3. The molecule has 0 bridgehead atoms. The summed E-state index contributed by atoms with van der Waals surface area (Å²) in [6, 6.07) is 5.54.